The van der Waals surface area contributed by atoms with Crippen LogP contribution in [0.2, 0.25) is 0 Å². The molecule has 1 amide bonds. The lowest BCUT2D eigenvalue weighted by molar-refractivity contribution is 0.101. The fourth-order valence-corrected chi connectivity index (χ4v) is 3.85. The first-order valence-corrected chi connectivity index (χ1v) is 9.76. The van der Waals surface area contributed by atoms with Crippen molar-refractivity contribution < 1.29 is 18.3 Å². The van der Waals surface area contributed by atoms with Gasteiger partial charge in [-0.15, -0.1) is 0 Å². The van der Waals surface area contributed by atoms with E-state index in [4.69, 9.17) is 4.74 Å². The molecule has 0 fully saturated rings. The second kappa shape index (κ2) is 7.52. The van der Waals surface area contributed by atoms with Crippen LogP contribution in [0.3, 0.4) is 0 Å². The van der Waals surface area contributed by atoms with Gasteiger partial charge >= 0.3 is 0 Å². The van der Waals surface area contributed by atoms with Crippen molar-refractivity contribution in [3.05, 3.63) is 82.7 Å². The third kappa shape index (κ3) is 3.09. The molecule has 0 bridgehead atoms. The van der Waals surface area contributed by atoms with Crippen LogP contribution in [0.1, 0.15) is 27.0 Å². The van der Waals surface area contributed by atoms with Crippen LogP contribution in [0.5, 0.6) is 5.88 Å². The Morgan fingerprint density at radius 1 is 1.19 bits per heavy atom. The van der Waals surface area contributed by atoms with Crippen molar-refractivity contribution in [1.82, 2.24) is 14.8 Å². The van der Waals surface area contributed by atoms with Crippen molar-refractivity contribution in [3.63, 3.8) is 0 Å². The van der Waals surface area contributed by atoms with E-state index in [2.05, 4.69) is 20.4 Å². The number of aromatic nitrogens is 3. The first kappa shape index (κ1) is 19.8. The van der Waals surface area contributed by atoms with Gasteiger partial charge in [0.15, 0.2) is 0 Å². The zero-order valence-electron chi connectivity index (χ0n) is 17.2. The SMILES string of the molecule is COc1ncccc1C1=NCc2ccc(NC(=O)c3c(F)cc4c(cnn4C)c3F)cc21. The number of ether oxygens (including phenoxy) is 1. The summed E-state index contributed by atoms with van der Waals surface area (Å²) in [5.41, 5.74) is 3.13. The molecule has 7 nitrogen and oxygen atoms in total. The molecule has 2 aromatic heterocycles. The summed E-state index contributed by atoms with van der Waals surface area (Å²) in [5.74, 6) is -2.36. The molecule has 0 atom stereocenters. The van der Waals surface area contributed by atoms with E-state index in [1.54, 1.807) is 31.4 Å². The topological polar surface area (TPSA) is 81.4 Å². The maximum absolute atomic E-state index is 14.9. The van der Waals surface area contributed by atoms with Crippen LogP contribution >= 0.6 is 0 Å². The van der Waals surface area contributed by atoms with Crippen molar-refractivity contribution in [3.8, 4) is 5.88 Å². The number of methoxy groups -OCH3 is 1. The van der Waals surface area contributed by atoms with E-state index in [0.29, 0.717) is 23.8 Å². The Balaban J connectivity index is 1.49. The molecule has 160 valence electrons. The third-order valence-corrected chi connectivity index (χ3v) is 5.42. The molecule has 1 N–H and O–H groups in total. The highest BCUT2D eigenvalue weighted by Crippen LogP contribution is 2.30. The average molecular weight is 433 g/mol. The van der Waals surface area contributed by atoms with E-state index in [-0.39, 0.29) is 10.9 Å². The number of nitrogens with zero attached hydrogens (tertiary/aromatic N) is 4. The predicted octanol–water partition coefficient (Wildman–Crippen LogP) is 3.86. The molecule has 0 saturated heterocycles. The molecule has 4 aromatic rings. The molecule has 2 aromatic carbocycles. The van der Waals surface area contributed by atoms with Gasteiger partial charge in [-0.3, -0.25) is 14.5 Å². The van der Waals surface area contributed by atoms with E-state index in [9.17, 15) is 13.6 Å². The maximum Gasteiger partial charge on any atom is 0.261 e. The fraction of sp³-hybridized carbons (Fsp3) is 0.130. The first-order chi connectivity index (χ1) is 15.5. The number of carbonyl (C=O) groups excluding carboxylic acids is 1. The van der Waals surface area contributed by atoms with Crippen LogP contribution < -0.4 is 10.1 Å². The van der Waals surface area contributed by atoms with Crippen molar-refractivity contribution in [1.29, 1.82) is 0 Å². The smallest absolute Gasteiger partial charge is 0.261 e. The average Bonchev–Trinajstić information content (AvgIpc) is 3.37. The van der Waals surface area contributed by atoms with Crippen LogP contribution in [0.15, 0.2) is 53.8 Å². The summed E-state index contributed by atoms with van der Waals surface area (Å²) < 4.78 is 36.2. The van der Waals surface area contributed by atoms with E-state index in [1.807, 2.05) is 12.1 Å². The molecule has 0 unspecified atom stereocenters. The number of anilines is 1. The molecule has 1 aliphatic heterocycles. The largest absolute Gasteiger partial charge is 0.481 e. The van der Waals surface area contributed by atoms with Gasteiger partial charge in [0.25, 0.3) is 5.91 Å². The highest BCUT2D eigenvalue weighted by atomic mass is 19.1. The van der Waals surface area contributed by atoms with Crippen molar-refractivity contribution in [2.75, 3.05) is 12.4 Å². The molecular formula is C23H17F2N5O2. The number of amides is 1. The Hall–Kier alpha value is -4.14. The summed E-state index contributed by atoms with van der Waals surface area (Å²) in [6.45, 7) is 0.470. The van der Waals surface area contributed by atoms with E-state index in [1.165, 1.54) is 18.0 Å². The predicted molar refractivity (Wildman–Crippen MR) is 115 cm³/mol. The van der Waals surface area contributed by atoms with Crippen molar-refractivity contribution in [2.45, 2.75) is 6.54 Å². The molecule has 5 rings (SSSR count). The number of carbonyl (C=O) groups is 1. The highest BCUT2D eigenvalue weighted by molar-refractivity contribution is 6.17. The zero-order chi connectivity index (χ0) is 22.4. The minimum Gasteiger partial charge on any atom is -0.481 e. The van der Waals surface area contributed by atoms with Crippen LogP contribution in [0.4, 0.5) is 14.5 Å². The molecule has 0 radical (unpaired) electrons. The summed E-state index contributed by atoms with van der Waals surface area (Å²) >= 11 is 0. The lowest BCUT2D eigenvalue weighted by atomic mass is 10.00. The van der Waals surface area contributed by atoms with Gasteiger partial charge in [0.1, 0.15) is 17.2 Å². The van der Waals surface area contributed by atoms with Crippen LogP contribution in [-0.4, -0.2) is 33.5 Å². The number of aryl methyl sites for hydroxylation is 1. The molecule has 3 heterocycles. The number of halogens is 2. The second-order valence-electron chi connectivity index (χ2n) is 7.30. The first-order valence-electron chi connectivity index (χ1n) is 9.76. The Kier molecular flexibility index (Phi) is 4.66. The number of aliphatic imine (C=N–C) groups is 1. The number of benzene rings is 2. The Morgan fingerprint density at radius 2 is 2.03 bits per heavy atom. The van der Waals surface area contributed by atoms with Gasteiger partial charge in [-0.2, -0.15) is 5.10 Å². The van der Waals surface area contributed by atoms with Crippen LogP contribution in [0.25, 0.3) is 10.9 Å². The Labute approximate surface area is 181 Å². The number of pyridine rings is 1. The van der Waals surface area contributed by atoms with E-state index >= 15 is 0 Å². The normalized spacial score (nSPS) is 12.6. The Bertz CT molecular complexity index is 1430. The molecule has 9 heteroatoms. The van der Waals surface area contributed by atoms with Gasteiger partial charge < -0.3 is 10.1 Å². The van der Waals surface area contributed by atoms with Gasteiger partial charge in [-0.05, 0) is 29.8 Å². The van der Waals surface area contributed by atoms with Crippen molar-refractivity contribution >= 4 is 28.2 Å². The standard InChI is InChI=1S/C23H17F2N5O2/c1-30-18-9-17(24)19(20(25)16(18)11-28-30)22(31)29-13-6-5-12-10-27-21(15(12)8-13)14-4-3-7-26-23(14)32-2/h3-9,11H,10H2,1-2H3,(H,29,31). The number of rotatable bonds is 4. The van der Waals surface area contributed by atoms with E-state index < -0.39 is 23.1 Å². The number of fused-ring (bicyclic) bond motifs is 2. The van der Waals surface area contributed by atoms with Gasteiger partial charge in [0.05, 0.1) is 42.0 Å². The van der Waals surface area contributed by atoms with Crippen LogP contribution in [0, 0.1) is 11.6 Å². The van der Waals surface area contributed by atoms with Gasteiger partial charge in [0, 0.05) is 30.6 Å². The molecule has 32 heavy (non-hydrogen) atoms. The summed E-state index contributed by atoms with van der Waals surface area (Å²) in [7, 11) is 3.10. The molecule has 0 aliphatic carbocycles. The number of hydrogen-bond acceptors (Lipinski definition) is 5. The maximum atomic E-state index is 14.9. The zero-order valence-corrected chi connectivity index (χ0v) is 17.2. The van der Waals surface area contributed by atoms with Gasteiger partial charge in [-0.1, -0.05) is 6.07 Å². The molecule has 0 spiro atoms. The minimum absolute atomic E-state index is 0.0751. The summed E-state index contributed by atoms with van der Waals surface area (Å²) in [4.78, 5) is 21.6. The van der Waals surface area contributed by atoms with Gasteiger partial charge in [-0.25, -0.2) is 13.8 Å². The Morgan fingerprint density at radius 3 is 2.84 bits per heavy atom. The molecular weight excluding hydrogens is 416 g/mol. The van der Waals surface area contributed by atoms with E-state index in [0.717, 1.165) is 22.8 Å². The molecule has 0 saturated carbocycles. The lowest BCUT2D eigenvalue weighted by Gasteiger charge is -2.11. The third-order valence-electron chi connectivity index (χ3n) is 5.42. The lowest BCUT2D eigenvalue weighted by Crippen LogP contribution is -2.16. The van der Waals surface area contributed by atoms with Gasteiger partial charge in [0.2, 0.25) is 5.88 Å². The summed E-state index contributed by atoms with van der Waals surface area (Å²) in [5, 5.41) is 6.59. The summed E-state index contributed by atoms with van der Waals surface area (Å²) in [6.07, 6.45) is 2.89. The number of nitrogens with one attached hydrogen (secondary N) is 1. The fourth-order valence-electron chi connectivity index (χ4n) is 3.85. The van der Waals surface area contributed by atoms with Crippen molar-refractivity contribution in [2.24, 2.45) is 12.0 Å². The minimum atomic E-state index is -0.959. The monoisotopic (exact) mass is 433 g/mol. The highest BCUT2D eigenvalue weighted by Gasteiger charge is 2.24. The summed E-state index contributed by atoms with van der Waals surface area (Å²) in [6, 6.07) is 9.95. The quantitative estimate of drug-likeness (QED) is 0.530. The number of hydrogen-bond donors (Lipinski definition) is 1. The van der Waals surface area contributed by atoms with Crippen LogP contribution in [-0.2, 0) is 13.6 Å². The second-order valence-corrected chi connectivity index (χ2v) is 7.30. The molecule has 1 aliphatic rings.